The summed E-state index contributed by atoms with van der Waals surface area (Å²) in [6, 6.07) is 4.05. The SMILES string of the molecule is NC(CCl)=Nc1ccc(OCC(F)(F)F)c(Cl)c1. The molecule has 0 bridgehead atoms. The number of nitrogens with two attached hydrogens (primary N) is 1. The molecule has 0 amide bonds. The van der Waals surface area contributed by atoms with Gasteiger partial charge >= 0.3 is 6.18 Å². The zero-order valence-corrected chi connectivity index (χ0v) is 10.5. The molecule has 0 unspecified atom stereocenters. The monoisotopic (exact) mass is 300 g/mol. The Morgan fingerprint density at radius 2 is 2.06 bits per heavy atom. The molecule has 2 N–H and O–H groups in total. The van der Waals surface area contributed by atoms with Crippen molar-refractivity contribution in [3.63, 3.8) is 0 Å². The van der Waals surface area contributed by atoms with Crippen LogP contribution in [0.1, 0.15) is 0 Å². The van der Waals surface area contributed by atoms with Gasteiger partial charge < -0.3 is 10.5 Å². The largest absolute Gasteiger partial charge is 0.483 e. The Hall–Kier alpha value is -1.14. The fourth-order valence-electron chi connectivity index (χ4n) is 1.03. The molecule has 0 aliphatic rings. The summed E-state index contributed by atoms with van der Waals surface area (Å²) in [5.41, 5.74) is 5.79. The molecule has 0 atom stereocenters. The van der Waals surface area contributed by atoms with E-state index in [0.717, 1.165) is 0 Å². The van der Waals surface area contributed by atoms with Crippen molar-refractivity contribution in [2.45, 2.75) is 6.18 Å². The molecule has 0 spiro atoms. The number of alkyl halides is 4. The van der Waals surface area contributed by atoms with Crippen LogP contribution in [0.15, 0.2) is 23.2 Å². The Labute approximate surface area is 111 Å². The molecule has 3 nitrogen and oxygen atoms in total. The number of amidine groups is 1. The van der Waals surface area contributed by atoms with Gasteiger partial charge in [0.05, 0.1) is 16.6 Å². The van der Waals surface area contributed by atoms with Gasteiger partial charge in [0.2, 0.25) is 0 Å². The third kappa shape index (κ3) is 5.01. The second-order valence-electron chi connectivity index (χ2n) is 3.26. The number of halogens is 5. The highest BCUT2D eigenvalue weighted by Crippen LogP contribution is 2.30. The highest BCUT2D eigenvalue weighted by Gasteiger charge is 2.28. The predicted octanol–water partition coefficient (Wildman–Crippen LogP) is 3.51. The molecular weight excluding hydrogens is 292 g/mol. The van der Waals surface area contributed by atoms with Crippen LogP contribution in [0, 0.1) is 0 Å². The van der Waals surface area contributed by atoms with Crippen LogP contribution in [-0.2, 0) is 0 Å². The molecule has 0 aliphatic carbocycles. The van der Waals surface area contributed by atoms with E-state index in [4.69, 9.17) is 28.9 Å². The van der Waals surface area contributed by atoms with Gasteiger partial charge in [0, 0.05) is 0 Å². The van der Waals surface area contributed by atoms with Crippen molar-refractivity contribution >= 4 is 34.7 Å². The van der Waals surface area contributed by atoms with Crippen molar-refractivity contribution in [2.75, 3.05) is 12.5 Å². The van der Waals surface area contributed by atoms with Gasteiger partial charge in [-0.25, -0.2) is 4.99 Å². The second kappa shape index (κ2) is 6.15. The third-order valence-corrected chi connectivity index (χ3v) is 2.29. The molecule has 1 aromatic rings. The van der Waals surface area contributed by atoms with Gasteiger partial charge in [-0.2, -0.15) is 13.2 Å². The third-order valence-electron chi connectivity index (χ3n) is 1.72. The van der Waals surface area contributed by atoms with Crippen LogP contribution >= 0.6 is 23.2 Å². The lowest BCUT2D eigenvalue weighted by Gasteiger charge is -2.10. The summed E-state index contributed by atoms with van der Waals surface area (Å²) in [6.45, 7) is -1.40. The lowest BCUT2D eigenvalue weighted by molar-refractivity contribution is -0.153. The van der Waals surface area contributed by atoms with E-state index in [1.54, 1.807) is 0 Å². The molecule has 0 saturated heterocycles. The van der Waals surface area contributed by atoms with Crippen LogP contribution in [0.3, 0.4) is 0 Å². The van der Waals surface area contributed by atoms with Gasteiger partial charge in [-0.1, -0.05) is 11.6 Å². The van der Waals surface area contributed by atoms with Crippen LogP contribution in [0.2, 0.25) is 5.02 Å². The molecule has 0 aromatic heterocycles. The Morgan fingerprint density at radius 1 is 1.39 bits per heavy atom. The van der Waals surface area contributed by atoms with E-state index in [9.17, 15) is 13.2 Å². The lowest BCUT2D eigenvalue weighted by atomic mass is 10.3. The molecule has 0 aliphatic heterocycles. The Bertz CT molecular complexity index is 449. The zero-order valence-electron chi connectivity index (χ0n) is 8.97. The van der Waals surface area contributed by atoms with Crippen LogP contribution in [0.5, 0.6) is 5.75 Å². The number of rotatable bonds is 4. The van der Waals surface area contributed by atoms with E-state index in [1.807, 2.05) is 0 Å². The number of hydrogen-bond acceptors (Lipinski definition) is 2. The molecule has 18 heavy (non-hydrogen) atoms. The minimum Gasteiger partial charge on any atom is -0.483 e. The van der Waals surface area contributed by atoms with Crippen molar-refractivity contribution in [1.29, 1.82) is 0 Å². The maximum atomic E-state index is 11.9. The summed E-state index contributed by atoms with van der Waals surface area (Å²) in [6.07, 6.45) is -4.41. The maximum absolute atomic E-state index is 11.9. The van der Waals surface area contributed by atoms with Crippen molar-refractivity contribution in [1.82, 2.24) is 0 Å². The predicted molar refractivity (Wildman–Crippen MR) is 65.0 cm³/mol. The molecule has 0 saturated carbocycles. The first-order valence-corrected chi connectivity index (χ1v) is 5.61. The van der Waals surface area contributed by atoms with Crippen LogP contribution < -0.4 is 10.5 Å². The molecule has 0 heterocycles. The molecule has 0 radical (unpaired) electrons. The maximum Gasteiger partial charge on any atom is 0.422 e. The first-order chi connectivity index (χ1) is 8.31. The highest BCUT2D eigenvalue weighted by atomic mass is 35.5. The Kier molecular flexibility index (Phi) is 5.10. The van der Waals surface area contributed by atoms with Crippen molar-refractivity contribution in [3.8, 4) is 5.75 Å². The Morgan fingerprint density at radius 3 is 2.56 bits per heavy atom. The van der Waals surface area contributed by atoms with E-state index < -0.39 is 12.8 Å². The first-order valence-electron chi connectivity index (χ1n) is 4.70. The van der Waals surface area contributed by atoms with Crippen LogP contribution in [0.25, 0.3) is 0 Å². The highest BCUT2D eigenvalue weighted by molar-refractivity contribution is 6.32. The summed E-state index contributed by atoms with van der Waals surface area (Å²) < 4.78 is 40.4. The molecular formula is C10H9Cl2F3N2O. The number of benzene rings is 1. The van der Waals surface area contributed by atoms with E-state index >= 15 is 0 Å². The molecule has 0 fully saturated rings. The van der Waals surface area contributed by atoms with Gasteiger partial charge in [-0.15, -0.1) is 11.6 Å². The van der Waals surface area contributed by atoms with E-state index in [-0.39, 0.29) is 22.5 Å². The average molecular weight is 301 g/mol. The minimum absolute atomic E-state index is 0.0165. The summed E-state index contributed by atoms with van der Waals surface area (Å²) in [5, 5.41) is 0.0165. The number of hydrogen-bond donors (Lipinski definition) is 1. The smallest absolute Gasteiger partial charge is 0.422 e. The van der Waals surface area contributed by atoms with Crippen molar-refractivity contribution in [3.05, 3.63) is 23.2 Å². The number of nitrogens with zero attached hydrogens (tertiary/aromatic N) is 1. The van der Waals surface area contributed by atoms with E-state index in [0.29, 0.717) is 5.69 Å². The zero-order chi connectivity index (χ0) is 13.8. The fraction of sp³-hybridized carbons (Fsp3) is 0.300. The topological polar surface area (TPSA) is 47.6 Å². The molecule has 1 rings (SSSR count). The van der Waals surface area contributed by atoms with Gasteiger partial charge in [-0.3, -0.25) is 0 Å². The fourth-order valence-corrected chi connectivity index (χ4v) is 1.32. The summed E-state index contributed by atoms with van der Waals surface area (Å²) >= 11 is 11.2. The first kappa shape index (κ1) is 14.9. The summed E-state index contributed by atoms with van der Waals surface area (Å²) in [7, 11) is 0. The van der Waals surface area contributed by atoms with Crippen LogP contribution in [0.4, 0.5) is 18.9 Å². The molecule has 1 aromatic carbocycles. The number of ether oxygens (including phenoxy) is 1. The van der Waals surface area contributed by atoms with Crippen molar-refractivity contribution in [2.24, 2.45) is 10.7 Å². The molecule has 8 heteroatoms. The quantitative estimate of drug-likeness (QED) is 0.525. The lowest BCUT2D eigenvalue weighted by Crippen LogP contribution is -2.19. The van der Waals surface area contributed by atoms with Gasteiger partial charge in [-0.05, 0) is 18.2 Å². The summed E-state index contributed by atoms with van der Waals surface area (Å²) in [5.74, 6) is 0.151. The van der Waals surface area contributed by atoms with E-state index in [2.05, 4.69) is 9.73 Å². The van der Waals surface area contributed by atoms with Gasteiger partial charge in [0.15, 0.2) is 6.61 Å². The van der Waals surface area contributed by atoms with Gasteiger partial charge in [0.1, 0.15) is 11.6 Å². The standard InChI is InChI=1S/C10H9Cl2F3N2O/c11-4-9(16)17-6-1-2-8(7(12)3-6)18-5-10(13,14)15/h1-3H,4-5H2,(H2,16,17). The Balaban J connectivity index is 2.80. The summed E-state index contributed by atoms with van der Waals surface area (Å²) in [4.78, 5) is 3.89. The van der Waals surface area contributed by atoms with E-state index in [1.165, 1.54) is 18.2 Å². The normalized spacial score (nSPS) is 12.6. The molecule has 100 valence electrons. The second-order valence-corrected chi connectivity index (χ2v) is 3.93. The number of aliphatic imine (C=N–C) groups is 1. The average Bonchev–Trinajstić information content (AvgIpc) is 2.26. The minimum atomic E-state index is -4.41. The van der Waals surface area contributed by atoms with Crippen molar-refractivity contribution < 1.29 is 17.9 Å². The van der Waals surface area contributed by atoms with Gasteiger partial charge in [0.25, 0.3) is 0 Å². The van der Waals surface area contributed by atoms with Crippen LogP contribution in [-0.4, -0.2) is 24.5 Å².